The number of pyridine rings is 1. The Bertz CT molecular complexity index is 589. The van der Waals surface area contributed by atoms with Crippen molar-refractivity contribution in [3.8, 4) is 0 Å². The lowest BCUT2D eigenvalue weighted by atomic mass is 9.81. The fourth-order valence-corrected chi connectivity index (χ4v) is 3.39. The van der Waals surface area contributed by atoms with Crippen LogP contribution < -0.4 is 4.57 Å². The van der Waals surface area contributed by atoms with Crippen LogP contribution in [0.5, 0.6) is 0 Å². The molecule has 3 rings (SSSR count). The second-order valence-corrected chi connectivity index (χ2v) is 6.28. The van der Waals surface area contributed by atoms with Gasteiger partial charge in [-0.05, 0) is 61.3 Å². The van der Waals surface area contributed by atoms with Gasteiger partial charge >= 0.3 is 0 Å². The second-order valence-electron chi connectivity index (χ2n) is 5.85. The summed E-state index contributed by atoms with van der Waals surface area (Å²) in [6.07, 6.45) is 10.7. The molecule has 104 valence electrons. The molecular weight excluding hydrogens is 266 g/mol. The average Bonchev–Trinajstić information content (AvgIpc) is 2.46. The molecule has 1 heterocycles. The van der Waals surface area contributed by atoms with E-state index in [-0.39, 0.29) is 0 Å². The number of aryl methyl sites for hydroxylation is 3. The van der Waals surface area contributed by atoms with Gasteiger partial charge in [-0.1, -0.05) is 23.7 Å². The van der Waals surface area contributed by atoms with Crippen molar-refractivity contribution in [3.05, 3.63) is 64.4 Å². The Hall–Kier alpha value is -1.34. The van der Waals surface area contributed by atoms with Crippen LogP contribution >= 0.6 is 11.6 Å². The molecular formula is C18H21ClN+. The van der Waals surface area contributed by atoms with Crippen LogP contribution in [0.4, 0.5) is 0 Å². The zero-order valence-corrected chi connectivity index (χ0v) is 12.7. The van der Waals surface area contributed by atoms with Crippen molar-refractivity contribution in [2.45, 2.75) is 38.0 Å². The summed E-state index contributed by atoms with van der Waals surface area (Å²) in [6, 6.07) is 10.6. The summed E-state index contributed by atoms with van der Waals surface area (Å²) in [5.41, 5.74) is 4.51. The largest absolute Gasteiger partial charge is 0.208 e. The summed E-state index contributed by atoms with van der Waals surface area (Å²) < 4.78 is 2.17. The molecule has 0 saturated carbocycles. The van der Waals surface area contributed by atoms with Gasteiger partial charge in [-0.2, -0.15) is 0 Å². The minimum atomic E-state index is 0.718. The number of halogens is 1. The number of hydrogen-bond donors (Lipinski definition) is 0. The first-order chi connectivity index (χ1) is 9.72. The fraction of sp³-hybridized carbons (Fsp3) is 0.389. The van der Waals surface area contributed by atoms with E-state index in [1.165, 1.54) is 31.2 Å². The highest BCUT2D eigenvalue weighted by Gasteiger charge is 2.21. The molecule has 1 aromatic heterocycles. The normalized spacial score (nSPS) is 17.8. The van der Waals surface area contributed by atoms with Gasteiger partial charge < -0.3 is 0 Å². The summed E-state index contributed by atoms with van der Waals surface area (Å²) >= 11 is 5.94. The highest BCUT2D eigenvalue weighted by Crippen LogP contribution is 2.34. The molecule has 1 aliphatic carbocycles. The monoisotopic (exact) mass is 286 g/mol. The highest BCUT2D eigenvalue weighted by molar-refractivity contribution is 6.30. The zero-order chi connectivity index (χ0) is 13.9. The van der Waals surface area contributed by atoms with E-state index in [9.17, 15) is 0 Å². The van der Waals surface area contributed by atoms with Crippen LogP contribution in [0.2, 0.25) is 5.02 Å². The van der Waals surface area contributed by atoms with Gasteiger partial charge in [0.05, 0.1) is 0 Å². The Morgan fingerprint density at radius 2 is 2.00 bits per heavy atom. The number of nitrogens with zero attached hydrogens (tertiary/aromatic N) is 1. The third-order valence-electron chi connectivity index (χ3n) is 4.35. The van der Waals surface area contributed by atoms with Crippen molar-refractivity contribution < 1.29 is 4.57 Å². The van der Waals surface area contributed by atoms with Gasteiger partial charge in [-0.3, -0.25) is 0 Å². The van der Waals surface area contributed by atoms with Crippen molar-refractivity contribution in [1.29, 1.82) is 0 Å². The Balaban J connectivity index is 1.71. The van der Waals surface area contributed by atoms with Crippen molar-refractivity contribution in [1.82, 2.24) is 0 Å². The topological polar surface area (TPSA) is 3.88 Å². The molecule has 0 bridgehead atoms. The Kier molecular flexibility index (Phi) is 4.07. The van der Waals surface area contributed by atoms with Crippen molar-refractivity contribution >= 4 is 11.6 Å². The lowest BCUT2D eigenvalue weighted by Crippen LogP contribution is -2.29. The number of fused-ring (bicyclic) bond motifs is 1. The van der Waals surface area contributed by atoms with Crippen LogP contribution in [-0.4, -0.2) is 0 Å². The molecule has 0 aliphatic heterocycles. The van der Waals surface area contributed by atoms with Crippen LogP contribution in [0.1, 0.15) is 41.9 Å². The van der Waals surface area contributed by atoms with E-state index in [1.54, 1.807) is 11.1 Å². The molecule has 20 heavy (non-hydrogen) atoms. The zero-order valence-electron chi connectivity index (χ0n) is 12.0. The van der Waals surface area contributed by atoms with E-state index >= 15 is 0 Å². The maximum atomic E-state index is 5.94. The molecule has 0 fully saturated rings. The molecule has 0 spiro atoms. The maximum Gasteiger partial charge on any atom is 0.171 e. The van der Waals surface area contributed by atoms with E-state index in [1.807, 2.05) is 12.1 Å². The number of benzene rings is 1. The predicted octanol–water partition coefficient (Wildman–Crippen LogP) is 4.22. The number of hydrogen-bond acceptors (Lipinski definition) is 0. The van der Waals surface area contributed by atoms with Crippen molar-refractivity contribution in [2.24, 2.45) is 7.05 Å². The summed E-state index contributed by atoms with van der Waals surface area (Å²) in [6.45, 7) is 0. The Morgan fingerprint density at radius 1 is 1.20 bits per heavy atom. The van der Waals surface area contributed by atoms with E-state index in [2.05, 4.69) is 42.2 Å². The summed E-state index contributed by atoms with van der Waals surface area (Å²) in [7, 11) is 2.11. The molecule has 0 amide bonds. The van der Waals surface area contributed by atoms with Gasteiger partial charge in [-0.15, -0.1) is 0 Å². The Labute approximate surface area is 126 Å². The van der Waals surface area contributed by atoms with Gasteiger partial charge in [0.25, 0.3) is 0 Å². The molecule has 1 atom stereocenters. The Morgan fingerprint density at radius 3 is 2.80 bits per heavy atom. The van der Waals surface area contributed by atoms with Gasteiger partial charge in [0.1, 0.15) is 7.05 Å². The van der Waals surface area contributed by atoms with Gasteiger partial charge in [-0.25, -0.2) is 4.57 Å². The second kappa shape index (κ2) is 5.97. The van der Waals surface area contributed by atoms with Crippen LogP contribution in [0.15, 0.2) is 42.7 Å². The van der Waals surface area contributed by atoms with E-state index in [4.69, 9.17) is 11.6 Å². The smallest absolute Gasteiger partial charge is 0.171 e. The predicted molar refractivity (Wildman–Crippen MR) is 83.1 cm³/mol. The molecule has 1 aromatic carbocycles. The summed E-state index contributed by atoms with van der Waals surface area (Å²) in [5, 5.41) is 0.823. The van der Waals surface area contributed by atoms with E-state index in [0.717, 1.165) is 17.4 Å². The lowest BCUT2D eigenvalue weighted by molar-refractivity contribution is -0.672. The SMILES string of the molecule is C[n+]1ccc2c(c1)CCCC2CCc1ccc(Cl)cc1. The van der Waals surface area contributed by atoms with Crippen molar-refractivity contribution in [2.75, 3.05) is 0 Å². The minimum Gasteiger partial charge on any atom is -0.208 e. The first-order valence-electron chi connectivity index (χ1n) is 7.45. The van der Waals surface area contributed by atoms with Gasteiger partial charge in [0, 0.05) is 16.7 Å². The minimum absolute atomic E-state index is 0.718. The third kappa shape index (κ3) is 3.04. The van der Waals surface area contributed by atoms with Crippen LogP contribution in [0.25, 0.3) is 0 Å². The molecule has 0 saturated heterocycles. The summed E-state index contributed by atoms with van der Waals surface area (Å²) in [5.74, 6) is 0.718. The standard InChI is InChI=1S/C18H21ClN/c1-20-12-11-18-15(3-2-4-16(18)13-20)8-5-14-6-9-17(19)10-7-14/h6-7,9-13,15H,2-5,8H2,1H3/q+1. The van der Waals surface area contributed by atoms with Crippen LogP contribution in [-0.2, 0) is 19.9 Å². The van der Waals surface area contributed by atoms with Gasteiger partial charge in [0.15, 0.2) is 12.4 Å². The van der Waals surface area contributed by atoms with Gasteiger partial charge in [0.2, 0.25) is 0 Å². The summed E-state index contributed by atoms with van der Waals surface area (Å²) in [4.78, 5) is 0. The molecule has 0 N–H and O–H groups in total. The number of aromatic nitrogens is 1. The third-order valence-corrected chi connectivity index (χ3v) is 4.60. The first kappa shape index (κ1) is 13.6. The molecule has 2 heteroatoms. The quantitative estimate of drug-likeness (QED) is 0.744. The maximum absolute atomic E-state index is 5.94. The first-order valence-corrected chi connectivity index (χ1v) is 7.82. The molecule has 1 nitrogen and oxygen atoms in total. The average molecular weight is 287 g/mol. The van der Waals surface area contributed by atoms with E-state index < -0.39 is 0 Å². The van der Waals surface area contributed by atoms with Crippen molar-refractivity contribution in [3.63, 3.8) is 0 Å². The molecule has 0 radical (unpaired) electrons. The lowest BCUT2D eigenvalue weighted by Gasteiger charge is -2.24. The highest BCUT2D eigenvalue weighted by atomic mass is 35.5. The fourth-order valence-electron chi connectivity index (χ4n) is 3.26. The van der Waals surface area contributed by atoms with Crippen LogP contribution in [0, 0.1) is 0 Å². The van der Waals surface area contributed by atoms with Crippen LogP contribution in [0.3, 0.4) is 0 Å². The van der Waals surface area contributed by atoms with E-state index in [0.29, 0.717) is 0 Å². The molecule has 1 unspecified atom stereocenters. The number of rotatable bonds is 3. The molecule has 2 aromatic rings. The molecule has 1 aliphatic rings.